The highest BCUT2D eigenvalue weighted by Crippen LogP contribution is 2.26. The molecule has 0 fully saturated rings. The third kappa shape index (κ3) is 2.43. The molecular formula is C16H16O2. The van der Waals surface area contributed by atoms with Gasteiger partial charge in [0.1, 0.15) is 5.75 Å². The lowest BCUT2D eigenvalue weighted by Crippen LogP contribution is -1.99. The van der Waals surface area contributed by atoms with Gasteiger partial charge in [0.25, 0.3) is 0 Å². The average Bonchev–Trinajstić information content (AvgIpc) is 2.46. The van der Waals surface area contributed by atoms with Crippen molar-refractivity contribution < 1.29 is 9.53 Å². The number of rotatable bonds is 4. The van der Waals surface area contributed by atoms with Gasteiger partial charge in [-0.05, 0) is 23.3 Å². The summed E-state index contributed by atoms with van der Waals surface area (Å²) in [6.07, 6.45) is 0.521. The number of carbonyl (C=O) groups excluding carboxylic acids is 1. The van der Waals surface area contributed by atoms with E-state index < -0.39 is 0 Å². The molecule has 0 bridgehead atoms. The predicted octanol–water partition coefficient (Wildman–Crippen LogP) is 3.95. The highest BCUT2D eigenvalue weighted by Gasteiger charge is 2.10. The molecule has 0 saturated carbocycles. The first-order valence-corrected chi connectivity index (χ1v) is 6.03. The fourth-order valence-corrected chi connectivity index (χ4v) is 1.94. The van der Waals surface area contributed by atoms with Crippen molar-refractivity contribution in [3.05, 3.63) is 54.1 Å². The van der Waals surface area contributed by atoms with E-state index in [0.29, 0.717) is 6.42 Å². The summed E-state index contributed by atoms with van der Waals surface area (Å²) in [5.41, 5.74) is 2.80. The van der Waals surface area contributed by atoms with Gasteiger partial charge in [0, 0.05) is 12.0 Å². The molecule has 2 aromatic rings. The van der Waals surface area contributed by atoms with Crippen LogP contribution < -0.4 is 4.74 Å². The summed E-state index contributed by atoms with van der Waals surface area (Å²) in [5, 5.41) is 0. The maximum atomic E-state index is 11.9. The Morgan fingerprint density at radius 2 is 1.72 bits per heavy atom. The van der Waals surface area contributed by atoms with E-state index in [1.807, 2.05) is 55.5 Å². The van der Waals surface area contributed by atoms with Crippen molar-refractivity contribution >= 4 is 5.78 Å². The number of ether oxygens (including phenoxy) is 1. The zero-order valence-electron chi connectivity index (χ0n) is 10.6. The number of ketones is 1. The molecule has 0 aliphatic heterocycles. The molecule has 0 atom stereocenters. The van der Waals surface area contributed by atoms with Gasteiger partial charge in [-0.2, -0.15) is 0 Å². The van der Waals surface area contributed by atoms with Gasteiger partial charge in [-0.25, -0.2) is 0 Å². The lowest BCUT2D eigenvalue weighted by atomic mass is 9.96. The largest absolute Gasteiger partial charge is 0.497 e. The second kappa shape index (κ2) is 5.50. The summed E-state index contributed by atoms with van der Waals surface area (Å²) < 4.78 is 5.14. The summed E-state index contributed by atoms with van der Waals surface area (Å²) in [7, 11) is 1.64. The molecule has 0 radical (unpaired) electrons. The summed E-state index contributed by atoms with van der Waals surface area (Å²) in [6.45, 7) is 1.88. The fraction of sp³-hybridized carbons (Fsp3) is 0.188. The Labute approximate surface area is 107 Å². The Bertz CT molecular complexity index is 541. The third-order valence-corrected chi connectivity index (χ3v) is 2.95. The van der Waals surface area contributed by atoms with Crippen molar-refractivity contribution in [1.82, 2.24) is 0 Å². The standard InChI is InChI=1S/C16H16O2/c1-3-16(17)15-7-5-4-6-14(15)12-8-10-13(18-2)11-9-12/h4-11H,3H2,1-2H3. The number of Topliss-reactive ketones (excluding diaryl/α,β-unsaturated/α-hetero) is 1. The second-order valence-corrected chi connectivity index (χ2v) is 4.05. The third-order valence-electron chi connectivity index (χ3n) is 2.95. The number of methoxy groups -OCH3 is 1. The highest BCUT2D eigenvalue weighted by molar-refractivity contribution is 6.02. The summed E-state index contributed by atoms with van der Waals surface area (Å²) in [4.78, 5) is 11.9. The van der Waals surface area contributed by atoms with E-state index in [-0.39, 0.29) is 5.78 Å². The first-order chi connectivity index (χ1) is 8.76. The Morgan fingerprint density at radius 3 is 2.33 bits per heavy atom. The quantitative estimate of drug-likeness (QED) is 0.756. The minimum absolute atomic E-state index is 0.168. The first kappa shape index (κ1) is 12.4. The minimum Gasteiger partial charge on any atom is -0.497 e. The maximum Gasteiger partial charge on any atom is 0.163 e. The zero-order chi connectivity index (χ0) is 13.0. The molecule has 0 amide bonds. The van der Waals surface area contributed by atoms with Gasteiger partial charge in [0.15, 0.2) is 5.78 Å². The topological polar surface area (TPSA) is 26.3 Å². The Morgan fingerprint density at radius 1 is 1.06 bits per heavy atom. The van der Waals surface area contributed by atoms with Gasteiger partial charge in [-0.15, -0.1) is 0 Å². The van der Waals surface area contributed by atoms with Crippen LogP contribution in [0.25, 0.3) is 11.1 Å². The summed E-state index contributed by atoms with van der Waals surface area (Å²) in [5.74, 6) is 0.986. The lowest BCUT2D eigenvalue weighted by molar-refractivity contribution is 0.0989. The van der Waals surface area contributed by atoms with Gasteiger partial charge >= 0.3 is 0 Å². The van der Waals surface area contributed by atoms with Crippen LogP contribution in [0, 0.1) is 0 Å². The van der Waals surface area contributed by atoms with E-state index in [4.69, 9.17) is 4.74 Å². The summed E-state index contributed by atoms with van der Waals surface area (Å²) >= 11 is 0. The van der Waals surface area contributed by atoms with Crippen LogP contribution >= 0.6 is 0 Å². The molecule has 0 aromatic heterocycles. The molecule has 0 unspecified atom stereocenters. The number of hydrogen-bond donors (Lipinski definition) is 0. The van der Waals surface area contributed by atoms with Gasteiger partial charge in [0.2, 0.25) is 0 Å². The van der Waals surface area contributed by atoms with Gasteiger partial charge in [-0.3, -0.25) is 4.79 Å². The molecule has 0 aliphatic rings. The molecule has 0 heterocycles. The first-order valence-electron chi connectivity index (χ1n) is 6.03. The van der Waals surface area contributed by atoms with Crippen molar-refractivity contribution in [2.75, 3.05) is 7.11 Å². The van der Waals surface area contributed by atoms with E-state index in [0.717, 1.165) is 22.4 Å². The highest BCUT2D eigenvalue weighted by atomic mass is 16.5. The van der Waals surface area contributed by atoms with Crippen LogP contribution in [0.15, 0.2) is 48.5 Å². The van der Waals surface area contributed by atoms with Crippen molar-refractivity contribution in [3.63, 3.8) is 0 Å². The molecule has 2 aromatic carbocycles. The van der Waals surface area contributed by atoms with Crippen molar-refractivity contribution in [2.45, 2.75) is 13.3 Å². The van der Waals surface area contributed by atoms with E-state index in [9.17, 15) is 4.79 Å². The summed E-state index contributed by atoms with van der Waals surface area (Å²) in [6, 6.07) is 15.5. The van der Waals surface area contributed by atoms with Gasteiger partial charge < -0.3 is 4.74 Å². The van der Waals surface area contributed by atoms with Crippen LogP contribution in [0.4, 0.5) is 0 Å². The second-order valence-electron chi connectivity index (χ2n) is 4.05. The van der Waals surface area contributed by atoms with Crippen molar-refractivity contribution in [3.8, 4) is 16.9 Å². The van der Waals surface area contributed by atoms with Crippen LogP contribution in [0.5, 0.6) is 5.75 Å². The average molecular weight is 240 g/mol. The van der Waals surface area contributed by atoms with E-state index in [1.54, 1.807) is 7.11 Å². The van der Waals surface area contributed by atoms with Crippen LogP contribution in [-0.2, 0) is 0 Å². The van der Waals surface area contributed by atoms with Crippen molar-refractivity contribution in [2.24, 2.45) is 0 Å². The molecule has 0 aliphatic carbocycles. The smallest absolute Gasteiger partial charge is 0.163 e. The lowest BCUT2D eigenvalue weighted by Gasteiger charge is -2.08. The van der Waals surface area contributed by atoms with Crippen LogP contribution in [0.2, 0.25) is 0 Å². The van der Waals surface area contributed by atoms with E-state index in [2.05, 4.69) is 0 Å². The maximum absolute atomic E-state index is 11.9. The Kier molecular flexibility index (Phi) is 3.78. The van der Waals surface area contributed by atoms with E-state index in [1.165, 1.54) is 0 Å². The molecule has 0 spiro atoms. The molecule has 92 valence electrons. The zero-order valence-corrected chi connectivity index (χ0v) is 10.6. The van der Waals surface area contributed by atoms with Crippen LogP contribution in [0.3, 0.4) is 0 Å². The predicted molar refractivity (Wildman–Crippen MR) is 73.1 cm³/mol. The number of benzene rings is 2. The Hall–Kier alpha value is -2.09. The normalized spacial score (nSPS) is 10.1. The number of hydrogen-bond acceptors (Lipinski definition) is 2. The molecule has 2 nitrogen and oxygen atoms in total. The van der Waals surface area contributed by atoms with Crippen LogP contribution in [-0.4, -0.2) is 12.9 Å². The number of carbonyl (C=O) groups is 1. The SMILES string of the molecule is CCC(=O)c1ccccc1-c1ccc(OC)cc1. The molecule has 2 heteroatoms. The monoisotopic (exact) mass is 240 g/mol. The molecule has 2 rings (SSSR count). The fourth-order valence-electron chi connectivity index (χ4n) is 1.94. The molecule has 0 saturated heterocycles. The molecular weight excluding hydrogens is 224 g/mol. The van der Waals surface area contributed by atoms with Gasteiger partial charge in [-0.1, -0.05) is 43.3 Å². The molecule has 0 N–H and O–H groups in total. The van der Waals surface area contributed by atoms with Gasteiger partial charge in [0.05, 0.1) is 7.11 Å². The van der Waals surface area contributed by atoms with Crippen LogP contribution in [0.1, 0.15) is 23.7 Å². The Balaban J connectivity index is 2.46. The molecule has 18 heavy (non-hydrogen) atoms. The van der Waals surface area contributed by atoms with Crippen molar-refractivity contribution in [1.29, 1.82) is 0 Å². The van der Waals surface area contributed by atoms with E-state index >= 15 is 0 Å². The minimum atomic E-state index is 0.168.